The van der Waals surface area contributed by atoms with Crippen LogP contribution in [0, 0.1) is 0 Å². The standard InChI is InChI=1S/C9H16O2/c1-3-4-5-6-8(10)9-7(2)11-9/h3-4,7-10H,5-6H2,1-2H3/b4-3+/t7-,8-,9+/m1/s1. The van der Waals surface area contributed by atoms with Crippen molar-refractivity contribution in [1.82, 2.24) is 0 Å². The molecule has 2 heteroatoms. The smallest absolute Gasteiger partial charge is 0.110 e. The highest BCUT2D eigenvalue weighted by molar-refractivity contribution is 4.89. The molecule has 0 aliphatic carbocycles. The summed E-state index contributed by atoms with van der Waals surface area (Å²) in [5, 5.41) is 9.43. The molecule has 1 saturated heterocycles. The molecule has 0 unspecified atom stereocenters. The van der Waals surface area contributed by atoms with E-state index in [2.05, 4.69) is 6.08 Å². The van der Waals surface area contributed by atoms with Gasteiger partial charge in [-0.3, -0.25) is 0 Å². The first-order valence-electron chi connectivity index (χ1n) is 4.20. The van der Waals surface area contributed by atoms with Gasteiger partial charge in [-0.2, -0.15) is 0 Å². The monoisotopic (exact) mass is 156 g/mol. The number of hydrogen-bond acceptors (Lipinski definition) is 2. The first kappa shape index (κ1) is 8.75. The third kappa shape index (κ3) is 2.64. The zero-order valence-corrected chi connectivity index (χ0v) is 7.16. The molecular weight excluding hydrogens is 140 g/mol. The molecule has 1 aliphatic heterocycles. The topological polar surface area (TPSA) is 32.8 Å². The lowest BCUT2D eigenvalue weighted by molar-refractivity contribution is 0.127. The van der Waals surface area contributed by atoms with Crippen LogP contribution in [0.2, 0.25) is 0 Å². The lowest BCUT2D eigenvalue weighted by Crippen LogP contribution is -2.15. The molecule has 1 fully saturated rings. The number of hydrogen-bond donors (Lipinski definition) is 1. The molecule has 1 aliphatic rings. The van der Waals surface area contributed by atoms with Crippen molar-refractivity contribution in [2.45, 2.75) is 45.0 Å². The van der Waals surface area contributed by atoms with Gasteiger partial charge in [0.1, 0.15) is 6.10 Å². The van der Waals surface area contributed by atoms with Gasteiger partial charge < -0.3 is 9.84 Å². The molecule has 0 bridgehead atoms. The number of rotatable bonds is 4. The zero-order chi connectivity index (χ0) is 8.27. The summed E-state index contributed by atoms with van der Waals surface area (Å²) in [7, 11) is 0. The number of aliphatic hydroxyl groups is 1. The lowest BCUT2D eigenvalue weighted by Gasteiger charge is -2.03. The largest absolute Gasteiger partial charge is 0.390 e. The fourth-order valence-electron chi connectivity index (χ4n) is 1.20. The Morgan fingerprint density at radius 3 is 2.73 bits per heavy atom. The van der Waals surface area contributed by atoms with Crippen LogP contribution in [0.15, 0.2) is 12.2 Å². The molecule has 2 nitrogen and oxygen atoms in total. The van der Waals surface area contributed by atoms with Crippen LogP contribution in [-0.4, -0.2) is 23.4 Å². The van der Waals surface area contributed by atoms with E-state index in [4.69, 9.17) is 4.74 Å². The first-order chi connectivity index (χ1) is 5.25. The third-order valence-electron chi connectivity index (χ3n) is 2.00. The maximum absolute atomic E-state index is 9.43. The molecule has 0 spiro atoms. The van der Waals surface area contributed by atoms with Gasteiger partial charge in [-0.05, 0) is 26.7 Å². The molecule has 0 saturated carbocycles. The SMILES string of the molecule is C/C=C/CC[C@@H](O)[C@H]1O[C@@H]1C. The fourth-order valence-corrected chi connectivity index (χ4v) is 1.20. The second-order valence-electron chi connectivity index (χ2n) is 3.02. The van der Waals surface area contributed by atoms with Crippen molar-refractivity contribution in [3.05, 3.63) is 12.2 Å². The zero-order valence-electron chi connectivity index (χ0n) is 7.16. The second kappa shape index (κ2) is 3.88. The Bertz CT molecular complexity index is 142. The fraction of sp³-hybridized carbons (Fsp3) is 0.778. The van der Waals surface area contributed by atoms with E-state index in [1.807, 2.05) is 19.9 Å². The van der Waals surface area contributed by atoms with E-state index in [9.17, 15) is 5.11 Å². The average Bonchev–Trinajstić information content (AvgIpc) is 2.67. The Kier molecular flexibility index (Phi) is 3.09. The normalized spacial score (nSPS) is 32.6. The maximum Gasteiger partial charge on any atom is 0.110 e. The van der Waals surface area contributed by atoms with E-state index < -0.39 is 0 Å². The number of allylic oxidation sites excluding steroid dienone is 2. The van der Waals surface area contributed by atoms with Gasteiger partial charge in [-0.15, -0.1) is 0 Å². The Morgan fingerprint density at radius 2 is 2.27 bits per heavy atom. The van der Waals surface area contributed by atoms with Crippen molar-refractivity contribution in [3.8, 4) is 0 Å². The molecule has 0 amide bonds. The summed E-state index contributed by atoms with van der Waals surface area (Å²) in [5.74, 6) is 0. The van der Waals surface area contributed by atoms with E-state index in [1.165, 1.54) is 0 Å². The van der Waals surface area contributed by atoms with Crippen LogP contribution in [0.5, 0.6) is 0 Å². The predicted molar refractivity (Wildman–Crippen MR) is 44.4 cm³/mol. The van der Waals surface area contributed by atoms with Gasteiger partial charge in [0.25, 0.3) is 0 Å². The molecule has 1 N–H and O–H groups in total. The van der Waals surface area contributed by atoms with Crippen LogP contribution in [0.1, 0.15) is 26.7 Å². The number of aliphatic hydroxyl groups excluding tert-OH is 1. The summed E-state index contributed by atoms with van der Waals surface area (Å²) in [4.78, 5) is 0. The van der Waals surface area contributed by atoms with Gasteiger partial charge >= 0.3 is 0 Å². The molecule has 1 rings (SSSR count). The highest BCUT2D eigenvalue weighted by Crippen LogP contribution is 2.26. The van der Waals surface area contributed by atoms with Crippen molar-refractivity contribution in [2.24, 2.45) is 0 Å². The van der Waals surface area contributed by atoms with Gasteiger partial charge in [0, 0.05) is 0 Å². The molecule has 0 aromatic carbocycles. The number of ether oxygens (including phenoxy) is 1. The van der Waals surface area contributed by atoms with E-state index in [-0.39, 0.29) is 18.3 Å². The maximum atomic E-state index is 9.43. The molecule has 0 aromatic rings. The summed E-state index contributed by atoms with van der Waals surface area (Å²) in [6.45, 7) is 3.98. The Labute approximate surface area is 67.9 Å². The quantitative estimate of drug-likeness (QED) is 0.494. The molecule has 64 valence electrons. The Hall–Kier alpha value is -0.340. The Morgan fingerprint density at radius 1 is 1.64 bits per heavy atom. The van der Waals surface area contributed by atoms with Crippen molar-refractivity contribution in [3.63, 3.8) is 0 Å². The average molecular weight is 156 g/mol. The van der Waals surface area contributed by atoms with Crippen molar-refractivity contribution < 1.29 is 9.84 Å². The molecule has 11 heavy (non-hydrogen) atoms. The molecule has 1 heterocycles. The summed E-state index contributed by atoms with van der Waals surface area (Å²) >= 11 is 0. The minimum Gasteiger partial charge on any atom is -0.390 e. The van der Waals surface area contributed by atoms with Gasteiger partial charge in [-0.25, -0.2) is 0 Å². The summed E-state index contributed by atoms with van der Waals surface area (Å²) in [6, 6.07) is 0. The van der Waals surface area contributed by atoms with Crippen molar-refractivity contribution in [1.29, 1.82) is 0 Å². The van der Waals surface area contributed by atoms with Crippen LogP contribution < -0.4 is 0 Å². The van der Waals surface area contributed by atoms with E-state index in [0.29, 0.717) is 0 Å². The Balaban J connectivity index is 2.07. The van der Waals surface area contributed by atoms with E-state index >= 15 is 0 Å². The van der Waals surface area contributed by atoms with Gasteiger partial charge in [0.15, 0.2) is 0 Å². The first-order valence-corrected chi connectivity index (χ1v) is 4.20. The second-order valence-corrected chi connectivity index (χ2v) is 3.02. The van der Waals surface area contributed by atoms with Crippen LogP contribution in [0.4, 0.5) is 0 Å². The highest BCUT2D eigenvalue weighted by atomic mass is 16.6. The predicted octanol–water partition coefficient (Wildman–Crippen LogP) is 1.49. The van der Waals surface area contributed by atoms with E-state index in [0.717, 1.165) is 12.8 Å². The summed E-state index contributed by atoms with van der Waals surface area (Å²) < 4.78 is 5.14. The highest BCUT2D eigenvalue weighted by Gasteiger charge is 2.39. The van der Waals surface area contributed by atoms with Gasteiger partial charge in [0.2, 0.25) is 0 Å². The molecule has 0 aromatic heterocycles. The van der Waals surface area contributed by atoms with E-state index in [1.54, 1.807) is 0 Å². The minimum atomic E-state index is -0.263. The molecule has 0 radical (unpaired) electrons. The molecule has 3 atom stereocenters. The van der Waals surface area contributed by atoms with Gasteiger partial charge in [-0.1, -0.05) is 12.2 Å². The third-order valence-corrected chi connectivity index (χ3v) is 2.00. The van der Waals surface area contributed by atoms with Crippen molar-refractivity contribution in [2.75, 3.05) is 0 Å². The van der Waals surface area contributed by atoms with Gasteiger partial charge in [0.05, 0.1) is 12.2 Å². The van der Waals surface area contributed by atoms with Crippen LogP contribution in [-0.2, 0) is 4.74 Å². The molecular formula is C9H16O2. The van der Waals surface area contributed by atoms with Crippen LogP contribution in [0.25, 0.3) is 0 Å². The number of epoxide rings is 1. The van der Waals surface area contributed by atoms with Crippen molar-refractivity contribution >= 4 is 0 Å². The summed E-state index contributed by atoms with van der Waals surface area (Å²) in [6.07, 6.45) is 5.96. The van der Waals surface area contributed by atoms with Crippen LogP contribution in [0.3, 0.4) is 0 Å². The lowest BCUT2D eigenvalue weighted by atomic mass is 10.1. The van der Waals surface area contributed by atoms with Crippen LogP contribution >= 0.6 is 0 Å². The summed E-state index contributed by atoms with van der Waals surface area (Å²) in [5.41, 5.74) is 0. The minimum absolute atomic E-state index is 0.111.